The summed E-state index contributed by atoms with van der Waals surface area (Å²) in [6.07, 6.45) is -4.99. The van der Waals surface area contributed by atoms with E-state index in [-0.39, 0.29) is 25.2 Å². The summed E-state index contributed by atoms with van der Waals surface area (Å²) < 4.78 is 73.9. The van der Waals surface area contributed by atoms with Gasteiger partial charge in [0.15, 0.2) is 6.04 Å². The van der Waals surface area contributed by atoms with Crippen molar-refractivity contribution in [3.63, 3.8) is 0 Å². The Bertz CT molecular complexity index is 1540. The van der Waals surface area contributed by atoms with Crippen LogP contribution in [0.25, 0.3) is 6.08 Å². The maximum absolute atomic E-state index is 13.2. The Kier molecular flexibility index (Phi) is 11.1. The van der Waals surface area contributed by atoms with Crippen LogP contribution in [0.2, 0.25) is 0 Å². The number of carbonyl (C=O) groups is 2. The van der Waals surface area contributed by atoms with Crippen LogP contribution in [0.15, 0.2) is 39.0 Å². The lowest BCUT2D eigenvalue weighted by molar-refractivity contribution is -0.403. The molecule has 43 heavy (non-hydrogen) atoms. The molecule has 0 spiro atoms. The van der Waals surface area contributed by atoms with E-state index in [1.807, 2.05) is 19.1 Å². The minimum absolute atomic E-state index is 0.0382. The van der Waals surface area contributed by atoms with Crippen molar-refractivity contribution < 1.29 is 61.2 Å². The first-order valence-electron chi connectivity index (χ1n) is 12.3. The van der Waals surface area contributed by atoms with Crippen molar-refractivity contribution in [3.05, 3.63) is 66.9 Å². The summed E-state index contributed by atoms with van der Waals surface area (Å²) in [4.78, 5) is 49.3. The molecule has 4 N–H and O–H groups in total. The second kappa shape index (κ2) is 14.0. The molecule has 1 unspecified atom stereocenters. The molecule has 1 fully saturated rings. The number of esters is 1. The molecule has 4 rings (SSSR count). The summed E-state index contributed by atoms with van der Waals surface area (Å²) in [5, 5.41) is 8.78. The van der Waals surface area contributed by atoms with Crippen LogP contribution in [0.4, 0.5) is 13.2 Å². The molecule has 2 aromatic rings. The Morgan fingerprint density at radius 2 is 2.02 bits per heavy atom. The van der Waals surface area contributed by atoms with Gasteiger partial charge in [-0.3, -0.25) is 23.4 Å². The molecule has 0 saturated carbocycles. The van der Waals surface area contributed by atoms with Crippen molar-refractivity contribution in [3.8, 4) is 5.75 Å². The summed E-state index contributed by atoms with van der Waals surface area (Å²) >= 11 is 3.10. The molecule has 3 heterocycles. The van der Waals surface area contributed by atoms with Crippen LogP contribution in [0.1, 0.15) is 36.3 Å². The molecule has 14 nitrogen and oxygen atoms in total. The molecule has 1 saturated heterocycles. The average molecular weight is 700 g/mol. The van der Waals surface area contributed by atoms with Gasteiger partial charge in [0, 0.05) is 18.2 Å². The Hall–Kier alpha value is -3.28. The van der Waals surface area contributed by atoms with E-state index in [0.717, 1.165) is 11.1 Å². The van der Waals surface area contributed by atoms with E-state index in [1.54, 1.807) is 13.0 Å². The highest BCUT2D eigenvalue weighted by Crippen LogP contribution is 2.55. The fourth-order valence-electron chi connectivity index (χ4n) is 3.78. The number of fused-ring (bicyclic) bond motifs is 1. The van der Waals surface area contributed by atoms with E-state index in [0.29, 0.717) is 5.75 Å². The number of aromatic nitrogens is 2. The number of halogens is 4. The zero-order valence-electron chi connectivity index (χ0n) is 22.5. The number of nitrogens with zero attached hydrogens (tertiary/aromatic N) is 1. The molecule has 2 aliphatic rings. The summed E-state index contributed by atoms with van der Waals surface area (Å²) in [5.41, 5.74) is 4.11. The van der Waals surface area contributed by atoms with Crippen molar-refractivity contribution >= 4 is 41.8 Å². The number of nitrogens with one attached hydrogen (secondary N) is 1. The van der Waals surface area contributed by atoms with Crippen LogP contribution < -0.4 is 26.6 Å². The zero-order chi connectivity index (χ0) is 32.1. The van der Waals surface area contributed by atoms with Gasteiger partial charge in [0.05, 0.1) is 18.8 Å². The van der Waals surface area contributed by atoms with Gasteiger partial charge in [-0.15, -0.1) is 0 Å². The first kappa shape index (κ1) is 34.2. The first-order chi connectivity index (χ1) is 20.0. The fraction of sp³-hybridized carbons (Fsp3) is 0.417. The van der Waals surface area contributed by atoms with Crippen LogP contribution in [0.5, 0.6) is 5.75 Å². The van der Waals surface area contributed by atoms with E-state index < -0.39 is 61.7 Å². The van der Waals surface area contributed by atoms with Crippen LogP contribution in [-0.4, -0.2) is 52.5 Å². The van der Waals surface area contributed by atoms with Gasteiger partial charge in [-0.1, -0.05) is 34.1 Å². The number of carboxylic acids is 1. The summed E-state index contributed by atoms with van der Waals surface area (Å²) in [5.74, 6) is -3.15. The third kappa shape index (κ3) is 8.87. The number of benzene rings is 1. The predicted octanol–water partition coefficient (Wildman–Crippen LogP) is 1.07. The number of hydrogen-bond acceptors (Lipinski definition) is 11. The second-order valence-corrected chi connectivity index (χ2v) is 11.4. The van der Waals surface area contributed by atoms with E-state index >= 15 is 0 Å². The minimum Gasteiger partial charge on any atom is -0.542 e. The highest BCUT2D eigenvalue weighted by atomic mass is 79.9. The van der Waals surface area contributed by atoms with Crippen LogP contribution in [0.3, 0.4) is 0 Å². The maximum Gasteiger partial charge on any atom is 0.530 e. The largest absolute Gasteiger partial charge is 0.542 e. The number of phosphoric ester groups is 1. The smallest absolute Gasteiger partial charge is 0.530 e. The number of alkyl halides is 3. The Labute approximate surface area is 249 Å². The number of para-hydroxylation sites is 1. The number of quaternary nitrogens is 1. The van der Waals surface area contributed by atoms with Gasteiger partial charge >= 0.3 is 25.7 Å². The van der Waals surface area contributed by atoms with Gasteiger partial charge < -0.3 is 29.6 Å². The van der Waals surface area contributed by atoms with Crippen molar-refractivity contribution in [2.45, 2.75) is 57.5 Å². The zero-order valence-corrected chi connectivity index (χ0v) is 25.0. The van der Waals surface area contributed by atoms with Crippen molar-refractivity contribution in [1.82, 2.24) is 9.55 Å². The van der Waals surface area contributed by atoms with Gasteiger partial charge in [0.1, 0.15) is 30.2 Å². The summed E-state index contributed by atoms with van der Waals surface area (Å²) in [7, 11) is -3.99. The first-order valence-corrected chi connectivity index (χ1v) is 14.7. The van der Waals surface area contributed by atoms with Crippen LogP contribution in [0, 0.1) is 6.92 Å². The van der Waals surface area contributed by atoms with E-state index in [1.165, 1.54) is 21.8 Å². The number of aliphatic carboxylic acids is 1. The van der Waals surface area contributed by atoms with Gasteiger partial charge in [0.25, 0.3) is 5.56 Å². The molecule has 19 heteroatoms. The normalized spacial score (nSPS) is 23.9. The molecule has 0 amide bonds. The molecule has 1 aromatic carbocycles. The van der Waals surface area contributed by atoms with Gasteiger partial charge in [-0.2, -0.15) is 13.2 Å². The number of hydrogen-bond donors (Lipinski definition) is 2. The van der Waals surface area contributed by atoms with E-state index in [2.05, 4.69) is 26.6 Å². The molecule has 2 aliphatic heterocycles. The topological polar surface area (TPSA) is 203 Å². The number of carbonyl (C=O) groups excluding carboxylic acids is 2. The Morgan fingerprint density at radius 3 is 2.63 bits per heavy atom. The lowest BCUT2D eigenvalue weighted by atomic mass is 10.1. The SMILES string of the molecule is Cc1cccc2c1OP(=O)(OC[C@H]1O[C@@H](n3cc(/C=C/Br)c(=O)[nH]c3=O)C[C@@H]1OC(=O)[C@H](C)[NH3+])OC2.O=C([O-])C(F)(F)F. The Morgan fingerprint density at radius 1 is 1.35 bits per heavy atom. The molecule has 0 radical (unpaired) electrons. The van der Waals surface area contributed by atoms with Crippen molar-refractivity contribution in [2.75, 3.05) is 6.61 Å². The maximum atomic E-state index is 13.2. The number of ether oxygens (including phenoxy) is 2. The van der Waals surface area contributed by atoms with Crippen LogP contribution >= 0.6 is 23.8 Å². The number of aryl methyl sites for hydroxylation is 1. The van der Waals surface area contributed by atoms with Gasteiger partial charge in [-0.05, 0) is 30.5 Å². The summed E-state index contributed by atoms with van der Waals surface area (Å²) in [6.45, 7) is 3.12. The second-order valence-electron chi connectivity index (χ2n) is 9.24. The molecule has 5 atom stereocenters. The van der Waals surface area contributed by atoms with Crippen molar-refractivity contribution in [2.24, 2.45) is 0 Å². The van der Waals surface area contributed by atoms with Gasteiger partial charge in [0.2, 0.25) is 0 Å². The molecule has 0 bridgehead atoms. The predicted molar refractivity (Wildman–Crippen MR) is 141 cm³/mol. The molecule has 1 aromatic heterocycles. The number of carboxylic acid groups (broad SMARTS) is 1. The highest BCUT2D eigenvalue weighted by molar-refractivity contribution is 9.11. The number of H-pyrrole nitrogens is 1. The quantitative estimate of drug-likeness (QED) is 0.309. The third-order valence-corrected chi connectivity index (χ3v) is 7.48. The number of phosphoric acid groups is 1. The molecule has 236 valence electrons. The van der Waals surface area contributed by atoms with Crippen LogP contribution in [-0.2, 0) is 39.3 Å². The Balaban J connectivity index is 0.000000646. The number of aromatic amines is 1. The molecular formula is C24H26BrF3N3O11P. The fourth-order valence-corrected chi connectivity index (χ4v) is 5.36. The molecule has 0 aliphatic carbocycles. The van der Waals surface area contributed by atoms with Crippen molar-refractivity contribution in [1.29, 1.82) is 0 Å². The monoisotopic (exact) mass is 699 g/mol. The van der Waals surface area contributed by atoms with E-state index in [4.69, 9.17) is 32.9 Å². The average Bonchev–Trinajstić information content (AvgIpc) is 3.31. The lowest BCUT2D eigenvalue weighted by Gasteiger charge is -2.27. The molecular weight excluding hydrogens is 674 g/mol. The standard InChI is InChI=1S/C22H25BrN3O9P.C2HF3O2/c1-12-4-3-5-15-10-31-36(30,35-19(12)15)32-11-17-16(34-21(28)13(2)24)8-18(33-17)26-9-14(6-7-23)20(27)25-22(26)29;3-2(4,5)1(6)7/h3-7,9,13,16-18H,8,10-11,24H2,1-2H3,(H,25,27,29);(H,6,7)/b7-6+;/t13-,16-,17+,18+,36?;/m0./s1. The van der Waals surface area contributed by atoms with Gasteiger partial charge in [-0.25, -0.2) is 14.2 Å². The third-order valence-electron chi connectivity index (χ3n) is 5.90. The van der Waals surface area contributed by atoms with E-state index in [9.17, 15) is 32.1 Å². The highest BCUT2D eigenvalue weighted by Gasteiger charge is 2.43. The minimum atomic E-state index is -5.19. The lowest BCUT2D eigenvalue weighted by Crippen LogP contribution is -2.64. The summed E-state index contributed by atoms with van der Waals surface area (Å²) in [6, 6.07) is 4.80. The number of rotatable bonds is 7.